The Morgan fingerprint density at radius 3 is 0.913 bits per heavy atom. The molecular formula is C4F9LiO6S3. The van der Waals surface area contributed by atoms with E-state index in [0.29, 0.717) is 0 Å². The average Bonchev–Trinajstić information content (AvgIpc) is 2.09. The molecule has 0 saturated heterocycles. The molecule has 134 valence electrons. The van der Waals surface area contributed by atoms with Gasteiger partial charge in [0.15, 0.2) is 0 Å². The maximum atomic E-state index is 12.0. The van der Waals surface area contributed by atoms with Crippen molar-refractivity contribution in [2.24, 2.45) is 0 Å². The van der Waals surface area contributed by atoms with E-state index in [1.165, 1.54) is 0 Å². The minimum Gasteiger partial charge on any atom is -0.226 e. The quantitative estimate of drug-likeness (QED) is 0.328. The Balaban J connectivity index is 0. The molecule has 0 fully saturated rings. The first-order valence-electron chi connectivity index (χ1n) is 3.93. The molecule has 0 saturated carbocycles. The van der Waals surface area contributed by atoms with E-state index >= 15 is 0 Å². The van der Waals surface area contributed by atoms with Gasteiger partial charge in [-0.25, -0.2) is 21.0 Å². The van der Waals surface area contributed by atoms with E-state index in [4.69, 9.17) is 0 Å². The van der Waals surface area contributed by atoms with E-state index in [-0.39, 0.29) is 18.9 Å². The fraction of sp³-hybridized carbons (Fsp3) is 0.750. The van der Waals surface area contributed by atoms with E-state index in [0.717, 1.165) is 0 Å². The van der Waals surface area contributed by atoms with E-state index in [1.54, 1.807) is 0 Å². The van der Waals surface area contributed by atoms with Crippen molar-refractivity contribution in [1.29, 1.82) is 0 Å². The van der Waals surface area contributed by atoms with Crippen LogP contribution < -0.4 is 0 Å². The number of sulfone groups is 2. The van der Waals surface area contributed by atoms with Crippen molar-refractivity contribution < 1.29 is 65.1 Å². The van der Waals surface area contributed by atoms with Crippen LogP contribution in [0, 0.1) is 0 Å². The topological polar surface area (TPSA) is 105 Å². The van der Waals surface area contributed by atoms with Crippen molar-refractivity contribution in [3.05, 3.63) is 0 Å². The fourth-order valence-corrected chi connectivity index (χ4v) is 6.45. The van der Waals surface area contributed by atoms with Crippen molar-refractivity contribution in [3.8, 4) is 0 Å². The third-order valence-corrected chi connectivity index (χ3v) is 8.67. The Labute approximate surface area is 133 Å². The van der Waals surface area contributed by atoms with Gasteiger partial charge in [0.05, 0.1) is 0 Å². The summed E-state index contributed by atoms with van der Waals surface area (Å²) in [6, 6.07) is 0. The summed E-state index contributed by atoms with van der Waals surface area (Å²) in [5.74, 6) is 0. The van der Waals surface area contributed by atoms with Gasteiger partial charge >= 0.3 is 16.5 Å². The number of hydrogen-bond donors (Lipinski definition) is 0. The number of halogens is 9. The van der Waals surface area contributed by atoms with Crippen molar-refractivity contribution in [1.82, 2.24) is 0 Å². The van der Waals surface area contributed by atoms with Crippen LogP contribution in [-0.2, 0) is 34.0 Å². The summed E-state index contributed by atoms with van der Waals surface area (Å²) in [7, 11) is -24.1. The minimum atomic E-state index is -8.02. The smallest absolute Gasteiger partial charge is 0.226 e. The van der Waals surface area contributed by atoms with Gasteiger partial charge in [-0.05, 0) is 0 Å². The molecule has 0 aliphatic heterocycles. The molecule has 0 aromatic heterocycles. The van der Waals surface area contributed by atoms with Crippen molar-refractivity contribution >= 4 is 51.9 Å². The van der Waals surface area contributed by atoms with E-state index in [2.05, 4.69) is 0 Å². The maximum Gasteiger partial charge on any atom is 0.503 e. The summed E-state index contributed by atoms with van der Waals surface area (Å²) in [5.41, 5.74) is -21.2. The van der Waals surface area contributed by atoms with Crippen LogP contribution in [0.25, 0.3) is 0 Å². The molecule has 1 atom stereocenters. The Morgan fingerprint density at radius 1 is 0.565 bits per heavy atom. The molecule has 0 amide bonds. The average molecular weight is 418 g/mol. The van der Waals surface area contributed by atoms with Gasteiger partial charge < -0.3 is 0 Å². The van der Waals surface area contributed by atoms with Crippen LogP contribution in [0.5, 0.6) is 0 Å². The van der Waals surface area contributed by atoms with Crippen LogP contribution in [0.2, 0.25) is 0 Å². The molecule has 0 aliphatic carbocycles. The van der Waals surface area contributed by atoms with Crippen LogP contribution in [0.1, 0.15) is 0 Å². The van der Waals surface area contributed by atoms with Gasteiger partial charge in [-0.3, -0.25) is 0 Å². The first kappa shape index (κ1) is 25.1. The zero-order valence-electron chi connectivity index (χ0n) is 10.1. The third-order valence-electron chi connectivity index (χ3n) is 1.57. The zero-order chi connectivity index (χ0) is 18.6. The summed E-state index contributed by atoms with van der Waals surface area (Å²) >= 11 is 0. The Morgan fingerprint density at radius 2 is 0.783 bits per heavy atom. The Bertz CT molecular complexity index is 729. The van der Waals surface area contributed by atoms with Gasteiger partial charge in [-0.2, -0.15) is 39.5 Å². The van der Waals surface area contributed by atoms with Gasteiger partial charge in [0.2, 0.25) is 9.80 Å². The van der Waals surface area contributed by atoms with Crippen molar-refractivity contribution in [2.75, 3.05) is 0 Å². The van der Waals surface area contributed by atoms with Gasteiger partial charge in [0.1, 0.15) is 0 Å². The first-order chi connectivity index (χ1) is 9.12. The number of alkyl halides is 9. The van der Waals surface area contributed by atoms with Crippen LogP contribution >= 0.6 is 0 Å². The van der Waals surface area contributed by atoms with Crippen LogP contribution in [0.4, 0.5) is 39.5 Å². The first-order valence-corrected chi connectivity index (χ1v) is 8.38. The van der Waals surface area contributed by atoms with Gasteiger partial charge in [-0.1, -0.05) is 0 Å². The van der Waals surface area contributed by atoms with Crippen LogP contribution in [0.15, 0.2) is 0 Å². The Kier molecular flexibility index (Phi) is 6.86. The van der Waals surface area contributed by atoms with Crippen LogP contribution in [-0.4, -0.2) is 60.0 Å². The SMILES string of the molecule is [Li].[O]S(=O)(=C(S(=O)(=O)C(F)(F)F)S(=O)(=O)C(F)(F)F)C(F)(F)F. The second-order valence-corrected chi connectivity index (χ2v) is 9.51. The molecule has 6 nitrogen and oxygen atoms in total. The van der Waals surface area contributed by atoms with E-state index in [1.807, 2.05) is 0 Å². The normalized spacial score (nSPS) is 17.1. The zero-order valence-corrected chi connectivity index (χ0v) is 12.5. The third kappa shape index (κ3) is 4.28. The number of hydrogen-bond acceptors (Lipinski definition) is 5. The summed E-state index contributed by atoms with van der Waals surface area (Å²) in [6.07, 6.45) is 0. The molecule has 19 heteroatoms. The Hall–Kier alpha value is -0.153. The van der Waals surface area contributed by atoms with Crippen LogP contribution in [0.3, 0.4) is 0 Å². The molecule has 2 radical (unpaired) electrons. The minimum absolute atomic E-state index is 0. The standard InChI is InChI=1S/C4F9O6S3.Li/c5-2(6,7)20(14,15)1(21(16,17)3(8,9)10)22(18,19)4(11,12)13;. The van der Waals surface area contributed by atoms with Gasteiger partial charge in [-0.15, -0.1) is 4.55 Å². The van der Waals surface area contributed by atoms with E-state index in [9.17, 15) is 65.1 Å². The molecule has 0 heterocycles. The fourth-order valence-electron chi connectivity index (χ4n) is 0.717. The van der Waals surface area contributed by atoms with Gasteiger partial charge in [0, 0.05) is 18.9 Å². The number of rotatable bonds is 0. The largest absolute Gasteiger partial charge is 0.503 e. The molecule has 0 spiro atoms. The maximum absolute atomic E-state index is 12.0. The van der Waals surface area contributed by atoms with Gasteiger partial charge in [0.25, 0.3) is 23.2 Å². The van der Waals surface area contributed by atoms with Crippen molar-refractivity contribution in [3.63, 3.8) is 0 Å². The second-order valence-electron chi connectivity index (χ2n) is 3.10. The monoisotopic (exact) mass is 418 g/mol. The molecular weight excluding hydrogens is 418 g/mol. The predicted octanol–water partition coefficient (Wildman–Crippen LogP) is 0.712. The summed E-state index contributed by atoms with van der Waals surface area (Å²) < 4.78 is 167. The molecule has 0 aliphatic rings. The molecule has 23 heavy (non-hydrogen) atoms. The molecule has 0 bridgehead atoms. The summed E-state index contributed by atoms with van der Waals surface area (Å²) in [5, 5.41) is 0. The summed E-state index contributed by atoms with van der Waals surface area (Å²) in [4.78, 5) is 0. The molecule has 0 aromatic carbocycles. The summed E-state index contributed by atoms with van der Waals surface area (Å²) in [6.45, 7) is 0. The second kappa shape index (κ2) is 6.29. The molecule has 0 N–H and O–H groups in total. The molecule has 0 rings (SSSR count). The predicted molar refractivity (Wildman–Crippen MR) is 55.6 cm³/mol. The van der Waals surface area contributed by atoms with Crippen molar-refractivity contribution in [2.45, 2.75) is 16.5 Å². The molecule has 1 unspecified atom stereocenters. The molecule has 0 aromatic rings. The van der Waals surface area contributed by atoms with E-state index < -0.39 is 49.5 Å².